The van der Waals surface area contributed by atoms with Crippen molar-refractivity contribution < 1.29 is 17.9 Å². The number of carbonyl (C=O) groups excluding carboxylic acids is 1. The highest BCUT2D eigenvalue weighted by molar-refractivity contribution is 7.91. The zero-order valence-electron chi connectivity index (χ0n) is 16.3. The van der Waals surface area contributed by atoms with Gasteiger partial charge in [0.25, 0.3) is 0 Å². The summed E-state index contributed by atoms with van der Waals surface area (Å²) in [7, 11) is -3.31. The summed E-state index contributed by atoms with van der Waals surface area (Å²) in [5.74, 6) is 0.0589. The summed E-state index contributed by atoms with van der Waals surface area (Å²) in [6.45, 7) is 8.21. The maximum absolute atomic E-state index is 12.6. The molecule has 2 rings (SSSR count). The zero-order chi connectivity index (χ0) is 19.4. The van der Waals surface area contributed by atoms with Crippen molar-refractivity contribution in [2.45, 2.75) is 69.9 Å². The summed E-state index contributed by atoms with van der Waals surface area (Å²) >= 11 is 0. The van der Waals surface area contributed by atoms with E-state index in [1.807, 2.05) is 33.8 Å². The first kappa shape index (κ1) is 20.7. The molecule has 0 radical (unpaired) electrons. The minimum absolute atomic E-state index is 0.0340. The molecular weight excluding hydrogens is 350 g/mol. The Hall–Kier alpha value is -1.56. The van der Waals surface area contributed by atoms with Gasteiger partial charge in [-0.25, -0.2) is 13.2 Å². The maximum atomic E-state index is 12.6. The zero-order valence-corrected chi connectivity index (χ0v) is 17.1. The van der Waals surface area contributed by atoms with Gasteiger partial charge in [-0.05, 0) is 64.5 Å². The molecule has 1 fully saturated rings. The van der Waals surface area contributed by atoms with Crippen LogP contribution in [0.5, 0.6) is 0 Å². The predicted octanol–water partition coefficient (Wildman–Crippen LogP) is 4.28. The third-order valence-electron chi connectivity index (χ3n) is 4.54. The molecule has 0 N–H and O–H groups in total. The average Bonchev–Trinajstić information content (AvgIpc) is 2.54. The summed E-state index contributed by atoms with van der Waals surface area (Å²) < 4.78 is 30.7. The van der Waals surface area contributed by atoms with Crippen LogP contribution in [0.4, 0.5) is 4.79 Å². The van der Waals surface area contributed by atoms with E-state index in [1.54, 1.807) is 29.2 Å². The Morgan fingerprint density at radius 2 is 1.88 bits per heavy atom. The molecule has 1 aliphatic rings. The first-order chi connectivity index (χ1) is 12.1. The lowest BCUT2D eigenvalue weighted by atomic mass is 9.94. The molecule has 1 saturated heterocycles. The molecule has 1 aromatic carbocycles. The van der Waals surface area contributed by atoms with Gasteiger partial charge < -0.3 is 9.64 Å². The number of benzene rings is 1. The monoisotopic (exact) mass is 381 g/mol. The molecule has 146 valence electrons. The van der Waals surface area contributed by atoms with E-state index in [0.29, 0.717) is 17.9 Å². The molecule has 0 saturated carbocycles. The lowest BCUT2D eigenvalue weighted by Gasteiger charge is -2.37. The van der Waals surface area contributed by atoms with Crippen molar-refractivity contribution in [1.29, 1.82) is 0 Å². The topological polar surface area (TPSA) is 63.7 Å². The molecule has 0 bridgehead atoms. The van der Waals surface area contributed by atoms with Crippen LogP contribution in [0.2, 0.25) is 0 Å². The van der Waals surface area contributed by atoms with E-state index in [4.69, 9.17) is 4.74 Å². The third kappa shape index (κ3) is 6.01. The number of piperidine rings is 1. The first-order valence-electron chi connectivity index (χ1n) is 9.36. The van der Waals surface area contributed by atoms with Gasteiger partial charge in [0.15, 0.2) is 9.84 Å². The number of ether oxygens (including phenoxy) is 1. The highest BCUT2D eigenvalue weighted by Crippen LogP contribution is 2.26. The molecule has 0 aromatic heterocycles. The molecule has 0 spiro atoms. The molecule has 1 aromatic rings. The van der Waals surface area contributed by atoms with Crippen LogP contribution in [0.3, 0.4) is 0 Å². The van der Waals surface area contributed by atoms with Crippen LogP contribution in [0.1, 0.15) is 53.4 Å². The lowest BCUT2D eigenvalue weighted by molar-refractivity contribution is 0.00752. The number of sulfone groups is 1. The van der Waals surface area contributed by atoms with Crippen molar-refractivity contribution in [3.05, 3.63) is 30.3 Å². The van der Waals surface area contributed by atoms with Crippen LogP contribution in [-0.2, 0) is 14.6 Å². The van der Waals surface area contributed by atoms with Crippen molar-refractivity contribution in [2.75, 3.05) is 12.3 Å². The third-order valence-corrected chi connectivity index (χ3v) is 6.53. The largest absolute Gasteiger partial charge is 0.444 e. The Kier molecular flexibility index (Phi) is 6.72. The Morgan fingerprint density at radius 3 is 2.50 bits per heavy atom. The van der Waals surface area contributed by atoms with E-state index in [9.17, 15) is 13.2 Å². The molecule has 5 nitrogen and oxygen atoms in total. The van der Waals surface area contributed by atoms with Gasteiger partial charge in [0.1, 0.15) is 5.60 Å². The van der Waals surface area contributed by atoms with Crippen LogP contribution < -0.4 is 0 Å². The van der Waals surface area contributed by atoms with Crippen molar-refractivity contribution in [3.63, 3.8) is 0 Å². The van der Waals surface area contributed by atoms with Crippen LogP contribution >= 0.6 is 0 Å². The van der Waals surface area contributed by atoms with E-state index < -0.39 is 15.4 Å². The number of nitrogens with zero attached hydrogens (tertiary/aromatic N) is 1. The van der Waals surface area contributed by atoms with Crippen LogP contribution in [0, 0.1) is 5.92 Å². The fourth-order valence-electron chi connectivity index (χ4n) is 3.44. The van der Waals surface area contributed by atoms with E-state index >= 15 is 0 Å². The smallest absolute Gasteiger partial charge is 0.410 e. The van der Waals surface area contributed by atoms with Gasteiger partial charge in [0.2, 0.25) is 0 Å². The predicted molar refractivity (Wildman–Crippen MR) is 103 cm³/mol. The first-order valence-corrected chi connectivity index (χ1v) is 11.0. The second-order valence-corrected chi connectivity index (χ2v) is 10.3. The maximum Gasteiger partial charge on any atom is 0.410 e. The van der Waals surface area contributed by atoms with Gasteiger partial charge in [0.05, 0.1) is 10.6 Å². The van der Waals surface area contributed by atoms with Gasteiger partial charge in [-0.2, -0.15) is 0 Å². The van der Waals surface area contributed by atoms with Crippen LogP contribution in [0.15, 0.2) is 35.2 Å². The number of likely N-dealkylation sites (tertiary alicyclic amines) is 1. The Morgan fingerprint density at radius 1 is 1.23 bits per heavy atom. The Bertz CT molecular complexity index is 694. The quantitative estimate of drug-likeness (QED) is 0.764. The molecule has 1 aliphatic heterocycles. The highest BCUT2D eigenvalue weighted by Gasteiger charge is 2.32. The number of hydrogen-bond donors (Lipinski definition) is 0. The summed E-state index contributed by atoms with van der Waals surface area (Å²) in [6, 6.07) is 8.60. The standard InChI is InChI=1S/C20H31NO4S/c1-16(15-26(23,24)18-11-6-5-7-12-18)14-17-10-8-9-13-21(17)19(22)25-20(2,3)4/h5-7,11-12,16-17H,8-10,13-15H2,1-4H3/t16-,17-/m0/s1. The number of hydrogen-bond acceptors (Lipinski definition) is 4. The van der Waals surface area contributed by atoms with Crippen molar-refractivity contribution in [1.82, 2.24) is 4.90 Å². The van der Waals surface area contributed by atoms with Crippen LogP contribution in [0.25, 0.3) is 0 Å². The molecule has 6 heteroatoms. The number of carbonyl (C=O) groups is 1. The second kappa shape index (κ2) is 8.42. The summed E-state index contributed by atoms with van der Waals surface area (Å²) in [5.41, 5.74) is -0.526. The van der Waals surface area contributed by atoms with Crippen molar-refractivity contribution in [3.8, 4) is 0 Å². The Labute approximate surface area is 157 Å². The fraction of sp³-hybridized carbons (Fsp3) is 0.650. The van der Waals surface area contributed by atoms with E-state index in [1.165, 1.54) is 0 Å². The molecule has 1 amide bonds. The highest BCUT2D eigenvalue weighted by atomic mass is 32.2. The van der Waals surface area contributed by atoms with Gasteiger partial charge in [0, 0.05) is 12.6 Å². The van der Waals surface area contributed by atoms with Gasteiger partial charge >= 0.3 is 6.09 Å². The van der Waals surface area contributed by atoms with Crippen molar-refractivity contribution in [2.24, 2.45) is 5.92 Å². The van der Waals surface area contributed by atoms with E-state index in [-0.39, 0.29) is 23.8 Å². The molecule has 1 heterocycles. The second-order valence-electron chi connectivity index (χ2n) is 8.26. The lowest BCUT2D eigenvalue weighted by Crippen LogP contribution is -2.47. The summed E-state index contributed by atoms with van der Waals surface area (Å²) in [6.07, 6.45) is 3.30. The fourth-order valence-corrected chi connectivity index (χ4v) is 5.09. The minimum Gasteiger partial charge on any atom is -0.444 e. The van der Waals surface area contributed by atoms with E-state index in [0.717, 1.165) is 19.3 Å². The normalized spacial score (nSPS) is 19.8. The Balaban J connectivity index is 2.01. The van der Waals surface area contributed by atoms with Gasteiger partial charge in [-0.3, -0.25) is 0 Å². The molecule has 0 aliphatic carbocycles. The SMILES string of the molecule is C[C@@H](C[C@@H]1CCCCN1C(=O)OC(C)(C)C)CS(=O)(=O)c1ccccc1. The summed E-state index contributed by atoms with van der Waals surface area (Å²) in [4.78, 5) is 14.7. The van der Waals surface area contributed by atoms with Gasteiger partial charge in [-0.15, -0.1) is 0 Å². The molecule has 2 atom stereocenters. The molecule has 0 unspecified atom stereocenters. The number of rotatable bonds is 5. The minimum atomic E-state index is -3.31. The van der Waals surface area contributed by atoms with Crippen LogP contribution in [-0.4, -0.2) is 43.4 Å². The van der Waals surface area contributed by atoms with Crippen molar-refractivity contribution >= 4 is 15.9 Å². The average molecular weight is 382 g/mol. The van der Waals surface area contributed by atoms with E-state index in [2.05, 4.69) is 0 Å². The number of amides is 1. The summed E-state index contributed by atoms with van der Waals surface area (Å²) in [5, 5.41) is 0. The molecule has 26 heavy (non-hydrogen) atoms. The van der Waals surface area contributed by atoms with Gasteiger partial charge in [-0.1, -0.05) is 25.1 Å². The molecular formula is C20H31NO4S.